The van der Waals surface area contributed by atoms with E-state index in [1.54, 1.807) is 0 Å². The van der Waals surface area contributed by atoms with E-state index in [9.17, 15) is 4.79 Å². The van der Waals surface area contributed by atoms with Crippen molar-refractivity contribution < 1.29 is 14.3 Å². The van der Waals surface area contributed by atoms with Gasteiger partial charge in [-0.15, -0.1) is 0 Å². The highest BCUT2D eigenvalue weighted by molar-refractivity contribution is 5.97. The quantitative estimate of drug-likeness (QED) is 0.716. The van der Waals surface area contributed by atoms with E-state index in [4.69, 9.17) is 9.47 Å². The van der Waals surface area contributed by atoms with Crippen LogP contribution in [-0.2, 0) is 22.3 Å². The van der Waals surface area contributed by atoms with E-state index >= 15 is 0 Å². The number of hydrogen-bond acceptors (Lipinski definition) is 3. The molecular formula is C21H24O3. The lowest BCUT2D eigenvalue weighted by atomic mass is 10.0. The highest BCUT2D eigenvalue weighted by atomic mass is 16.7. The highest BCUT2D eigenvalue weighted by Crippen LogP contribution is 2.15. The zero-order valence-corrected chi connectivity index (χ0v) is 13.9. The SMILES string of the molecule is O=C(COC1CCCCO1)c1cccc(CCc2ccccc2)c1. The third kappa shape index (κ3) is 5.02. The lowest BCUT2D eigenvalue weighted by molar-refractivity contribution is -0.155. The molecule has 3 rings (SSSR count). The van der Waals surface area contributed by atoms with Gasteiger partial charge >= 0.3 is 0 Å². The van der Waals surface area contributed by atoms with E-state index in [-0.39, 0.29) is 18.7 Å². The molecule has 0 bridgehead atoms. The van der Waals surface area contributed by atoms with Gasteiger partial charge in [-0.05, 0) is 49.3 Å². The van der Waals surface area contributed by atoms with Crippen LogP contribution in [0.25, 0.3) is 0 Å². The van der Waals surface area contributed by atoms with Crippen LogP contribution in [0, 0.1) is 0 Å². The average Bonchev–Trinajstić information content (AvgIpc) is 2.66. The van der Waals surface area contributed by atoms with Gasteiger partial charge in [-0.2, -0.15) is 0 Å². The Morgan fingerprint density at radius 2 is 1.79 bits per heavy atom. The number of rotatable bonds is 7. The second-order valence-corrected chi connectivity index (χ2v) is 6.22. The molecule has 24 heavy (non-hydrogen) atoms. The largest absolute Gasteiger partial charge is 0.353 e. The summed E-state index contributed by atoms with van der Waals surface area (Å²) in [7, 11) is 0. The second-order valence-electron chi connectivity index (χ2n) is 6.22. The zero-order valence-electron chi connectivity index (χ0n) is 13.9. The normalized spacial score (nSPS) is 17.6. The highest BCUT2D eigenvalue weighted by Gasteiger charge is 2.16. The monoisotopic (exact) mass is 324 g/mol. The Labute approximate surface area is 143 Å². The van der Waals surface area contributed by atoms with Gasteiger partial charge in [0.15, 0.2) is 12.1 Å². The third-order valence-corrected chi connectivity index (χ3v) is 4.33. The van der Waals surface area contributed by atoms with Crippen LogP contribution in [0.4, 0.5) is 0 Å². The van der Waals surface area contributed by atoms with Crippen LogP contribution >= 0.6 is 0 Å². The Morgan fingerprint density at radius 1 is 1.00 bits per heavy atom. The van der Waals surface area contributed by atoms with Crippen molar-refractivity contribution >= 4 is 5.78 Å². The first-order chi connectivity index (χ1) is 11.8. The van der Waals surface area contributed by atoms with Crippen molar-refractivity contribution in [3.8, 4) is 0 Å². The Morgan fingerprint density at radius 3 is 2.58 bits per heavy atom. The molecule has 0 N–H and O–H groups in total. The van der Waals surface area contributed by atoms with E-state index in [0.717, 1.165) is 44.3 Å². The molecule has 0 spiro atoms. The van der Waals surface area contributed by atoms with Gasteiger partial charge in [0.1, 0.15) is 6.61 Å². The summed E-state index contributed by atoms with van der Waals surface area (Å²) in [6.45, 7) is 0.820. The van der Waals surface area contributed by atoms with E-state index in [1.165, 1.54) is 11.1 Å². The van der Waals surface area contributed by atoms with Crippen molar-refractivity contribution in [1.82, 2.24) is 0 Å². The second kappa shape index (κ2) is 8.76. The molecule has 3 heteroatoms. The molecule has 1 heterocycles. The summed E-state index contributed by atoms with van der Waals surface area (Å²) < 4.78 is 11.1. The maximum absolute atomic E-state index is 12.3. The predicted molar refractivity (Wildman–Crippen MR) is 94.2 cm³/mol. The number of benzene rings is 2. The molecule has 0 radical (unpaired) electrons. The fourth-order valence-corrected chi connectivity index (χ4v) is 2.93. The molecule has 126 valence electrons. The number of Topliss-reactive ketones (excluding diaryl/α,β-unsaturated/α-hetero) is 1. The Kier molecular flexibility index (Phi) is 6.16. The topological polar surface area (TPSA) is 35.5 Å². The lowest BCUT2D eigenvalue weighted by Crippen LogP contribution is -2.25. The fraction of sp³-hybridized carbons (Fsp3) is 0.381. The van der Waals surface area contributed by atoms with Crippen LogP contribution in [0.2, 0.25) is 0 Å². The van der Waals surface area contributed by atoms with Crippen molar-refractivity contribution in [3.63, 3.8) is 0 Å². The van der Waals surface area contributed by atoms with Gasteiger partial charge in [-0.25, -0.2) is 0 Å². The van der Waals surface area contributed by atoms with E-state index < -0.39 is 0 Å². The minimum absolute atomic E-state index is 0.0192. The predicted octanol–water partition coefficient (Wildman–Crippen LogP) is 4.20. The molecule has 1 aliphatic rings. The van der Waals surface area contributed by atoms with E-state index in [0.29, 0.717) is 0 Å². The maximum atomic E-state index is 12.3. The van der Waals surface area contributed by atoms with Gasteiger partial charge in [0.25, 0.3) is 0 Å². The van der Waals surface area contributed by atoms with Crippen LogP contribution in [0.15, 0.2) is 54.6 Å². The molecule has 0 aromatic heterocycles. The van der Waals surface area contributed by atoms with Gasteiger partial charge in [0.05, 0.1) is 0 Å². The van der Waals surface area contributed by atoms with E-state index in [1.807, 2.05) is 24.3 Å². The fourth-order valence-electron chi connectivity index (χ4n) is 2.93. The van der Waals surface area contributed by atoms with Crippen molar-refractivity contribution in [3.05, 3.63) is 71.3 Å². The first-order valence-electron chi connectivity index (χ1n) is 8.70. The standard InChI is InChI=1S/C21H24O3/c22-20(16-24-21-11-4-5-14-23-21)19-10-6-9-18(15-19)13-12-17-7-2-1-3-8-17/h1-3,6-10,15,21H,4-5,11-14,16H2. The number of ketones is 1. The van der Waals surface area contributed by atoms with Crippen LogP contribution in [-0.4, -0.2) is 25.3 Å². The number of carbonyl (C=O) groups is 1. The van der Waals surface area contributed by atoms with Gasteiger partial charge < -0.3 is 9.47 Å². The van der Waals surface area contributed by atoms with Crippen molar-refractivity contribution in [2.75, 3.05) is 13.2 Å². The third-order valence-electron chi connectivity index (χ3n) is 4.33. The summed E-state index contributed by atoms with van der Waals surface area (Å²) in [5, 5.41) is 0. The molecule has 3 nitrogen and oxygen atoms in total. The van der Waals surface area contributed by atoms with Crippen LogP contribution in [0.3, 0.4) is 0 Å². The van der Waals surface area contributed by atoms with Gasteiger partial charge in [-0.1, -0.05) is 48.5 Å². The molecular weight excluding hydrogens is 300 g/mol. The Balaban J connectivity index is 1.52. The first-order valence-corrected chi connectivity index (χ1v) is 8.70. The van der Waals surface area contributed by atoms with Crippen molar-refractivity contribution in [2.24, 2.45) is 0 Å². The van der Waals surface area contributed by atoms with Gasteiger partial charge in [0, 0.05) is 12.2 Å². The molecule has 0 saturated carbocycles. The lowest BCUT2D eigenvalue weighted by Gasteiger charge is -2.22. The Bertz CT molecular complexity index is 645. The molecule has 1 aliphatic heterocycles. The Hall–Kier alpha value is -1.97. The van der Waals surface area contributed by atoms with Crippen molar-refractivity contribution in [2.45, 2.75) is 38.4 Å². The molecule has 1 saturated heterocycles. The van der Waals surface area contributed by atoms with E-state index in [2.05, 4.69) is 30.3 Å². The van der Waals surface area contributed by atoms with Crippen LogP contribution in [0.1, 0.15) is 40.7 Å². The zero-order chi connectivity index (χ0) is 16.6. The van der Waals surface area contributed by atoms with Gasteiger partial charge in [-0.3, -0.25) is 4.79 Å². The van der Waals surface area contributed by atoms with Crippen molar-refractivity contribution in [1.29, 1.82) is 0 Å². The number of ether oxygens (including phenoxy) is 2. The average molecular weight is 324 g/mol. The maximum Gasteiger partial charge on any atom is 0.188 e. The molecule has 1 atom stereocenters. The minimum Gasteiger partial charge on any atom is -0.353 e. The number of carbonyl (C=O) groups excluding carboxylic acids is 1. The molecule has 1 unspecified atom stereocenters. The van der Waals surface area contributed by atoms with Crippen LogP contribution in [0.5, 0.6) is 0 Å². The molecule has 2 aromatic rings. The molecule has 0 aliphatic carbocycles. The molecule has 1 fully saturated rings. The molecule has 0 amide bonds. The summed E-state index contributed by atoms with van der Waals surface area (Å²) >= 11 is 0. The summed E-state index contributed by atoms with van der Waals surface area (Å²) in [5.74, 6) is 0.0192. The van der Waals surface area contributed by atoms with Gasteiger partial charge in [0.2, 0.25) is 0 Å². The summed E-state index contributed by atoms with van der Waals surface area (Å²) in [4.78, 5) is 12.3. The number of aryl methyl sites for hydroxylation is 2. The first kappa shape index (κ1) is 16.9. The van der Waals surface area contributed by atoms with Crippen LogP contribution < -0.4 is 0 Å². The molecule has 2 aromatic carbocycles. The summed E-state index contributed by atoms with van der Waals surface area (Å²) in [6, 6.07) is 18.3. The number of hydrogen-bond donors (Lipinski definition) is 0. The summed E-state index contributed by atoms with van der Waals surface area (Å²) in [5.41, 5.74) is 3.21. The smallest absolute Gasteiger partial charge is 0.188 e. The summed E-state index contributed by atoms with van der Waals surface area (Å²) in [6.07, 6.45) is 4.75. The minimum atomic E-state index is -0.219.